The van der Waals surface area contributed by atoms with E-state index >= 15 is 0 Å². The molecule has 0 aromatic heterocycles. The van der Waals surface area contributed by atoms with E-state index in [4.69, 9.17) is 14.9 Å². The molecule has 0 bridgehead atoms. The predicted octanol–water partition coefficient (Wildman–Crippen LogP) is 1.39. The number of hydrogen-bond acceptors (Lipinski definition) is 6. The highest BCUT2D eigenvalue weighted by Gasteiger charge is 2.22. The van der Waals surface area contributed by atoms with Crippen LogP contribution in [0.5, 0.6) is 0 Å². The Bertz CT molecular complexity index is 648. The first-order valence-corrected chi connectivity index (χ1v) is 7.85. The number of hydrogen-bond donors (Lipinski definition) is 5. The third kappa shape index (κ3) is 6.69. The van der Waals surface area contributed by atoms with Gasteiger partial charge in [0, 0.05) is 6.54 Å². The van der Waals surface area contributed by atoms with Gasteiger partial charge in [-0.3, -0.25) is 0 Å². The third-order valence-electron chi connectivity index (χ3n) is 3.26. The first-order chi connectivity index (χ1) is 11.9. The molecule has 5 N–H and O–H groups in total. The molecule has 2 atom stereocenters. The van der Waals surface area contributed by atoms with Crippen molar-refractivity contribution in [3.05, 3.63) is 34.9 Å². The zero-order valence-electron chi connectivity index (χ0n) is 14.7. The van der Waals surface area contributed by atoms with Crippen molar-refractivity contribution >= 4 is 18.0 Å². The van der Waals surface area contributed by atoms with E-state index in [1.165, 1.54) is 0 Å². The lowest BCUT2D eigenvalue weighted by Crippen LogP contribution is -2.34. The molecular weight excluding hydrogens is 346 g/mol. The normalized spacial score (nSPS) is 13.6. The SMILES string of the molecule is CC(C)(C)OC(=O)NCCC(O)C(O)c1cc(C(=O)O)cc(C(=O)O)c1. The van der Waals surface area contributed by atoms with Crippen LogP contribution in [0.15, 0.2) is 18.2 Å². The Balaban J connectivity index is 2.76. The lowest BCUT2D eigenvalue weighted by Gasteiger charge is -2.21. The van der Waals surface area contributed by atoms with Gasteiger partial charge in [0.1, 0.15) is 11.7 Å². The van der Waals surface area contributed by atoms with Crippen LogP contribution in [-0.4, -0.2) is 56.7 Å². The Labute approximate surface area is 150 Å². The Kier molecular flexibility index (Phi) is 7.10. The highest BCUT2D eigenvalue weighted by atomic mass is 16.6. The van der Waals surface area contributed by atoms with Crippen LogP contribution < -0.4 is 5.32 Å². The molecule has 1 aromatic rings. The first-order valence-electron chi connectivity index (χ1n) is 7.85. The maximum Gasteiger partial charge on any atom is 0.407 e. The van der Waals surface area contributed by atoms with Gasteiger partial charge in [0.25, 0.3) is 0 Å². The van der Waals surface area contributed by atoms with E-state index in [-0.39, 0.29) is 29.7 Å². The van der Waals surface area contributed by atoms with Gasteiger partial charge in [-0.05, 0) is 51.0 Å². The maximum absolute atomic E-state index is 11.5. The van der Waals surface area contributed by atoms with Crippen molar-refractivity contribution in [3.63, 3.8) is 0 Å². The summed E-state index contributed by atoms with van der Waals surface area (Å²) in [4.78, 5) is 33.7. The van der Waals surface area contributed by atoms with Crippen LogP contribution in [0.1, 0.15) is 59.6 Å². The van der Waals surface area contributed by atoms with Gasteiger partial charge in [0.2, 0.25) is 0 Å². The number of alkyl carbamates (subject to hydrolysis) is 1. The summed E-state index contributed by atoms with van der Waals surface area (Å²) in [6, 6.07) is 3.13. The number of benzene rings is 1. The second kappa shape index (κ2) is 8.63. The van der Waals surface area contributed by atoms with Crippen molar-refractivity contribution in [1.82, 2.24) is 5.32 Å². The minimum Gasteiger partial charge on any atom is -0.478 e. The number of carbonyl (C=O) groups is 3. The van der Waals surface area contributed by atoms with Gasteiger partial charge in [0.05, 0.1) is 17.2 Å². The van der Waals surface area contributed by atoms with Crippen molar-refractivity contribution in [2.45, 2.75) is 45.0 Å². The van der Waals surface area contributed by atoms with Crippen LogP contribution in [0.2, 0.25) is 0 Å². The number of aliphatic hydroxyl groups excluding tert-OH is 2. The number of ether oxygens (including phenoxy) is 1. The van der Waals surface area contributed by atoms with Gasteiger partial charge < -0.3 is 30.5 Å². The predicted molar refractivity (Wildman–Crippen MR) is 90.2 cm³/mol. The van der Waals surface area contributed by atoms with E-state index in [0.29, 0.717) is 0 Å². The van der Waals surface area contributed by atoms with Crippen molar-refractivity contribution in [3.8, 4) is 0 Å². The summed E-state index contributed by atoms with van der Waals surface area (Å²) in [7, 11) is 0. The lowest BCUT2D eigenvalue weighted by atomic mass is 9.97. The quantitative estimate of drug-likeness (QED) is 0.483. The largest absolute Gasteiger partial charge is 0.478 e. The topological polar surface area (TPSA) is 153 Å². The summed E-state index contributed by atoms with van der Waals surface area (Å²) < 4.78 is 5.02. The third-order valence-corrected chi connectivity index (χ3v) is 3.26. The monoisotopic (exact) mass is 369 g/mol. The standard InChI is InChI=1S/C17H23NO8/c1-17(2,3)26-16(25)18-5-4-12(19)13(20)9-6-10(14(21)22)8-11(7-9)15(23)24/h6-8,12-13,19-20H,4-5H2,1-3H3,(H,18,25)(H,21,22)(H,23,24). The summed E-state index contributed by atoms with van der Waals surface area (Å²) in [5, 5.41) is 40.7. The Morgan fingerprint density at radius 2 is 1.54 bits per heavy atom. The fourth-order valence-electron chi connectivity index (χ4n) is 2.09. The number of carboxylic acids is 2. The molecule has 0 saturated carbocycles. The second-order valence-electron chi connectivity index (χ2n) is 6.68. The molecule has 9 heteroatoms. The van der Waals surface area contributed by atoms with Crippen molar-refractivity contribution in [2.24, 2.45) is 0 Å². The molecule has 144 valence electrons. The highest BCUT2D eigenvalue weighted by molar-refractivity contribution is 5.94. The molecule has 9 nitrogen and oxygen atoms in total. The summed E-state index contributed by atoms with van der Waals surface area (Å²) in [6.07, 6.45) is -3.61. The van der Waals surface area contributed by atoms with Crippen molar-refractivity contribution < 1.29 is 39.5 Å². The molecule has 0 heterocycles. The van der Waals surface area contributed by atoms with Gasteiger partial charge in [0.15, 0.2) is 0 Å². The van der Waals surface area contributed by atoms with Crippen molar-refractivity contribution in [2.75, 3.05) is 6.54 Å². The molecule has 1 rings (SSSR count). The molecule has 0 aliphatic carbocycles. The molecule has 0 saturated heterocycles. The summed E-state index contributed by atoms with van der Waals surface area (Å²) in [5.41, 5.74) is -1.37. The number of rotatable bonds is 7. The first kappa shape index (κ1) is 21.4. The maximum atomic E-state index is 11.5. The zero-order valence-corrected chi connectivity index (χ0v) is 14.7. The van der Waals surface area contributed by atoms with E-state index in [0.717, 1.165) is 18.2 Å². The van der Waals surface area contributed by atoms with Gasteiger partial charge in [-0.2, -0.15) is 0 Å². The van der Waals surface area contributed by atoms with E-state index in [1.807, 2.05) is 0 Å². The molecular formula is C17H23NO8. The Morgan fingerprint density at radius 1 is 1.04 bits per heavy atom. The minimum absolute atomic E-state index is 0.00243. The molecule has 1 amide bonds. The Morgan fingerprint density at radius 3 is 1.96 bits per heavy atom. The lowest BCUT2D eigenvalue weighted by molar-refractivity contribution is 0.0121. The molecule has 0 spiro atoms. The average Bonchev–Trinajstić information content (AvgIpc) is 2.51. The molecule has 0 radical (unpaired) electrons. The summed E-state index contributed by atoms with van der Waals surface area (Å²) in [6.45, 7) is 5.08. The molecule has 0 aliphatic heterocycles. The van der Waals surface area contributed by atoms with Crippen LogP contribution in [0.3, 0.4) is 0 Å². The smallest absolute Gasteiger partial charge is 0.407 e. The fourth-order valence-corrected chi connectivity index (χ4v) is 2.09. The van der Waals surface area contributed by atoms with E-state index in [2.05, 4.69) is 5.32 Å². The number of aromatic carboxylic acids is 2. The molecule has 0 aliphatic rings. The van der Waals surface area contributed by atoms with E-state index < -0.39 is 35.8 Å². The van der Waals surface area contributed by atoms with Crippen LogP contribution in [0.4, 0.5) is 4.79 Å². The average molecular weight is 369 g/mol. The van der Waals surface area contributed by atoms with E-state index in [9.17, 15) is 24.6 Å². The molecule has 26 heavy (non-hydrogen) atoms. The Hall–Kier alpha value is -2.65. The fraction of sp³-hybridized carbons (Fsp3) is 0.471. The second-order valence-corrected chi connectivity index (χ2v) is 6.68. The van der Waals surface area contributed by atoms with Crippen molar-refractivity contribution in [1.29, 1.82) is 0 Å². The van der Waals surface area contributed by atoms with Gasteiger partial charge >= 0.3 is 18.0 Å². The summed E-state index contributed by atoms with van der Waals surface area (Å²) in [5.74, 6) is -2.72. The van der Waals surface area contributed by atoms with Crippen LogP contribution >= 0.6 is 0 Å². The van der Waals surface area contributed by atoms with Crippen LogP contribution in [0, 0.1) is 0 Å². The van der Waals surface area contributed by atoms with Gasteiger partial charge in [-0.25, -0.2) is 14.4 Å². The number of nitrogens with one attached hydrogen (secondary N) is 1. The number of carbonyl (C=O) groups excluding carboxylic acids is 1. The molecule has 2 unspecified atom stereocenters. The summed E-state index contributed by atoms with van der Waals surface area (Å²) >= 11 is 0. The molecule has 0 fully saturated rings. The van der Waals surface area contributed by atoms with Gasteiger partial charge in [-0.1, -0.05) is 0 Å². The van der Waals surface area contributed by atoms with Crippen LogP contribution in [-0.2, 0) is 4.74 Å². The zero-order chi connectivity index (χ0) is 20.1. The number of carboxylic acid groups (broad SMARTS) is 2. The van der Waals surface area contributed by atoms with E-state index in [1.54, 1.807) is 20.8 Å². The number of amides is 1. The van der Waals surface area contributed by atoms with Gasteiger partial charge in [-0.15, -0.1) is 0 Å². The number of aliphatic hydroxyl groups is 2. The minimum atomic E-state index is -1.52. The molecule has 1 aromatic carbocycles. The van der Waals surface area contributed by atoms with Crippen LogP contribution in [0.25, 0.3) is 0 Å². The highest BCUT2D eigenvalue weighted by Crippen LogP contribution is 2.22.